The molecule has 0 aliphatic rings. The number of halogens is 2. The van der Waals surface area contributed by atoms with Gasteiger partial charge in [0, 0.05) is 23.8 Å². The van der Waals surface area contributed by atoms with Crippen molar-refractivity contribution in [1.82, 2.24) is 15.1 Å². The Kier molecular flexibility index (Phi) is 4.29. The average Bonchev–Trinajstić information content (AvgIpc) is 2.86. The van der Waals surface area contributed by atoms with Crippen LogP contribution in [0.15, 0.2) is 30.6 Å². The number of H-pyrrole nitrogens is 1. The Bertz CT molecular complexity index is 571. The highest BCUT2D eigenvalue weighted by atomic mass is 35.5. The van der Waals surface area contributed by atoms with Gasteiger partial charge in [0.2, 0.25) is 0 Å². The number of aromatic amines is 1. The summed E-state index contributed by atoms with van der Waals surface area (Å²) in [4.78, 5) is 13.5. The standard InChI is InChI=1S/C12H12Cl2N4O/c1-18(7-8-5-15-16-6-8)12(19)17-11-4-9(13)2-3-10(11)14/h2-6H,7H2,1H3,(H,15,16)(H,17,19). The van der Waals surface area contributed by atoms with E-state index in [1.165, 1.54) is 4.90 Å². The molecule has 100 valence electrons. The summed E-state index contributed by atoms with van der Waals surface area (Å²) in [5.41, 5.74) is 1.40. The van der Waals surface area contributed by atoms with Gasteiger partial charge in [-0.25, -0.2) is 4.79 Å². The first-order chi connectivity index (χ1) is 9.06. The first-order valence-electron chi connectivity index (χ1n) is 5.51. The van der Waals surface area contributed by atoms with Gasteiger partial charge in [-0.05, 0) is 18.2 Å². The summed E-state index contributed by atoms with van der Waals surface area (Å²) in [6.07, 6.45) is 3.40. The molecule has 0 saturated carbocycles. The lowest BCUT2D eigenvalue weighted by Crippen LogP contribution is -2.30. The second-order valence-electron chi connectivity index (χ2n) is 4.02. The normalized spacial score (nSPS) is 10.3. The number of rotatable bonds is 3. The maximum atomic E-state index is 12.0. The van der Waals surface area contributed by atoms with E-state index in [1.54, 1.807) is 37.6 Å². The number of benzene rings is 1. The summed E-state index contributed by atoms with van der Waals surface area (Å²) < 4.78 is 0. The monoisotopic (exact) mass is 298 g/mol. The Hall–Kier alpha value is -1.72. The number of aromatic nitrogens is 2. The van der Waals surface area contributed by atoms with E-state index in [9.17, 15) is 4.79 Å². The van der Waals surface area contributed by atoms with Gasteiger partial charge in [0.05, 0.1) is 23.5 Å². The molecule has 2 rings (SSSR count). The van der Waals surface area contributed by atoms with Crippen LogP contribution in [0.4, 0.5) is 10.5 Å². The third kappa shape index (κ3) is 3.62. The number of hydrogen-bond acceptors (Lipinski definition) is 2. The maximum Gasteiger partial charge on any atom is 0.321 e. The van der Waals surface area contributed by atoms with E-state index in [0.717, 1.165) is 5.56 Å². The molecule has 1 heterocycles. The Morgan fingerprint density at radius 2 is 2.26 bits per heavy atom. The summed E-state index contributed by atoms with van der Waals surface area (Å²) >= 11 is 11.8. The number of carbonyl (C=O) groups is 1. The Morgan fingerprint density at radius 1 is 1.47 bits per heavy atom. The van der Waals surface area contributed by atoms with E-state index < -0.39 is 0 Å². The van der Waals surface area contributed by atoms with Crippen molar-refractivity contribution in [2.75, 3.05) is 12.4 Å². The zero-order valence-corrected chi connectivity index (χ0v) is 11.7. The number of amides is 2. The maximum absolute atomic E-state index is 12.0. The molecule has 0 atom stereocenters. The van der Waals surface area contributed by atoms with Gasteiger partial charge in [-0.15, -0.1) is 0 Å². The molecule has 0 radical (unpaired) electrons. The van der Waals surface area contributed by atoms with Gasteiger partial charge >= 0.3 is 6.03 Å². The summed E-state index contributed by atoms with van der Waals surface area (Å²) in [6, 6.07) is 4.63. The van der Waals surface area contributed by atoms with Crippen LogP contribution >= 0.6 is 23.2 Å². The lowest BCUT2D eigenvalue weighted by molar-refractivity contribution is 0.220. The predicted molar refractivity (Wildman–Crippen MR) is 75.5 cm³/mol. The molecule has 0 aliphatic heterocycles. The largest absolute Gasteiger partial charge is 0.323 e. The van der Waals surface area contributed by atoms with E-state index in [2.05, 4.69) is 15.5 Å². The molecule has 19 heavy (non-hydrogen) atoms. The molecule has 0 unspecified atom stereocenters. The molecule has 1 aromatic carbocycles. The van der Waals surface area contributed by atoms with Crippen molar-refractivity contribution < 1.29 is 4.79 Å². The number of nitrogens with zero attached hydrogens (tertiary/aromatic N) is 2. The third-order valence-electron chi connectivity index (χ3n) is 2.49. The van der Waals surface area contributed by atoms with Crippen LogP contribution in [0.25, 0.3) is 0 Å². The van der Waals surface area contributed by atoms with Crippen LogP contribution in [-0.2, 0) is 6.54 Å². The molecule has 1 aromatic heterocycles. The van der Waals surface area contributed by atoms with Gasteiger partial charge in [0.15, 0.2) is 0 Å². The van der Waals surface area contributed by atoms with E-state index in [-0.39, 0.29) is 6.03 Å². The number of carbonyl (C=O) groups excluding carboxylic acids is 1. The van der Waals surface area contributed by atoms with Crippen molar-refractivity contribution in [3.05, 3.63) is 46.2 Å². The summed E-state index contributed by atoms with van der Waals surface area (Å²) in [5, 5.41) is 10.2. The smallest absolute Gasteiger partial charge is 0.321 e. The van der Waals surface area contributed by atoms with E-state index in [1.807, 2.05) is 0 Å². The molecule has 0 spiro atoms. The SMILES string of the molecule is CN(Cc1cn[nH]c1)C(=O)Nc1cc(Cl)ccc1Cl. The topological polar surface area (TPSA) is 61.0 Å². The predicted octanol–water partition coefficient (Wildman–Crippen LogP) is 3.38. The molecule has 2 amide bonds. The zero-order valence-electron chi connectivity index (χ0n) is 10.2. The molecule has 0 fully saturated rings. The van der Waals surface area contributed by atoms with Gasteiger partial charge in [0.1, 0.15) is 0 Å². The number of anilines is 1. The lowest BCUT2D eigenvalue weighted by atomic mass is 10.3. The highest BCUT2D eigenvalue weighted by molar-refractivity contribution is 6.35. The lowest BCUT2D eigenvalue weighted by Gasteiger charge is -2.17. The van der Waals surface area contributed by atoms with Crippen LogP contribution < -0.4 is 5.32 Å². The van der Waals surface area contributed by atoms with Gasteiger partial charge in [0.25, 0.3) is 0 Å². The fourth-order valence-electron chi connectivity index (χ4n) is 1.51. The molecule has 2 aromatic rings. The highest BCUT2D eigenvalue weighted by Gasteiger charge is 2.12. The average molecular weight is 299 g/mol. The van der Waals surface area contributed by atoms with Crippen molar-refractivity contribution in [1.29, 1.82) is 0 Å². The summed E-state index contributed by atoms with van der Waals surface area (Å²) in [6.45, 7) is 0.445. The Balaban J connectivity index is 2.02. The van der Waals surface area contributed by atoms with E-state index in [4.69, 9.17) is 23.2 Å². The number of hydrogen-bond donors (Lipinski definition) is 2. The molecular weight excluding hydrogens is 287 g/mol. The van der Waals surface area contributed by atoms with Crippen molar-refractivity contribution in [3.63, 3.8) is 0 Å². The van der Waals surface area contributed by atoms with Crippen LogP contribution in [-0.4, -0.2) is 28.2 Å². The molecular formula is C12H12Cl2N4O. The van der Waals surface area contributed by atoms with Gasteiger partial charge in [-0.1, -0.05) is 23.2 Å². The van der Waals surface area contributed by atoms with Crippen molar-refractivity contribution in [2.45, 2.75) is 6.54 Å². The Morgan fingerprint density at radius 3 is 2.95 bits per heavy atom. The first kappa shape index (κ1) is 13.7. The third-order valence-corrected chi connectivity index (χ3v) is 3.06. The second kappa shape index (κ2) is 5.95. The fraction of sp³-hybridized carbons (Fsp3) is 0.167. The number of urea groups is 1. The highest BCUT2D eigenvalue weighted by Crippen LogP contribution is 2.25. The van der Waals surface area contributed by atoms with Crippen molar-refractivity contribution in [2.24, 2.45) is 0 Å². The first-order valence-corrected chi connectivity index (χ1v) is 6.26. The minimum atomic E-state index is -0.273. The van der Waals surface area contributed by atoms with E-state index >= 15 is 0 Å². The molecule has 7 heteroatoms. The summed E-state index contributed by atoms with van der Waals surface area (Å²) in [7, 11) is 1.68. The fourth-order valence-corrected chi connectivity index (χ4v) is 1.85. The molecule has 2 N–H and O–H groups in total. The molecule has 0 bridgehead atoms. The Labute approximate surface area is 120 Å². The van der Waals surface area contributed by atoms with E-state index in [0.29, 0.717) is 22.3 Å². The van der Waals surface area contributed by atoms with Crippen molar-refractivity contribution >= 4 is 34.9 Å². The minimum Gasteiger partial charge on any atom is -0.323 e. The van der Waals surface area contributed by atoms with Crippen LogP contribution in [0.3, 0.4) is 0 Å². The van der Waals surface area contributed by atoms with Crippen molar-refractivity contribution in [3.8, 4) is 0 Å². The van der Waals surface area contributed by atoms with Gasteiger partial charge in [-0.2, -0.15) is 5.10 Å². The van der Waals surface area contributed by atoms with Crippen LogP contribution in [0, 0.1) is 0 Å². The van der Waals surface area contributed by atoms with Crippen LogP contribution in [0.1, 0.15) is 5.56 Å². The zero-order chi connectivity index (χ0) is 13.8. The second-order valence-corrected chi connectivity index (χ2v) is 4.86. The number of nitrogens with one attached hydrogen (secondary N) is 2. The van der Waals surface area contributed by atoms with Crippen LogP contribution in [0.2, 0.25) is 10.0 Å². The summed E-state index contributed by atoms with van der Waals surface area (Å²) in [5.74, 6) is 0. The quantitative estimate of drug-likeness (QED) is 0.912. The van der Waals surface area contributed by atoms with Gasteiger partial charge in [-0.3, -0.25) is 5.10 Å². The molecule has 5 nitrogen and oxygen atoms in total. The molecule has 0 saturated heterocycles. The minimum absolute atomic E-state index is 0.273. The van der Waals surface area contributed by atoms with Gasteiger partial charge < -0.3 is 10.2 Å². The van der Waals surface area contributed by atoms with Crippen LogP contribution in [0.5, 0.6) is 0 Å². The molecule has 0 aliphatic carbocycles.